The number of ketones is 1. The molecule has 0 radical (unpaired) electrons. The first-order valence-electron chi connectivity index (χ1n) is 11.0. The summed E-state index contributed by atoms with van der Waals surface area (Å²) in [6, 6.07) is 11.6. The van der Waals surface area contributed by atoms with Gasteiger partial charge in [0, 0.05) is 19.0 Å². The molecule has 0 saturated heterocycles. The highest BCUT2D eigenvalue weighted by Gasteiger charge is 2.36. The lowest BCUT2D eigenvalue weighted by Gasteiger charge is -2.31. The molecule has 1 atom stereocenters. The molecule has 1 heterocycles. The summed E-state index contributed by atoms with van der Waals surface area (Å²) < 4.78 is 29.9. The summed E-state index contributed by atoms with van der Waals surface area (Å²) in [6.45, 7) is 6.26. The normalized spacial score (nSPS) is 13.3. The predicted molar refractivity (Wildman–Crippen MR) is 138 cm³/mol. The molecule has 0 spiro atoms. The second-order valence-electron chi connectivity index (χ2n) is 9.49. The summed E-state index contributed by atoms with van der Waals surface area (Å²) in [7, 11) is -2.37. The molecule has 10 nitrogen and oxygen atoms in total. The molecule has 12 heteroatoms. The largest absolute Gasteiger partial charge is 0.444 e. The van der Waals surface area contributed by atoms with Gasteiger partial charge in [0.1, 0.15) is 22.1 Å². The molecule has 36 heavy (non-hydrogen) atoms. The first-order valence-corrected chi connectivity index (χ1v) is 13.2. The third kappa shape index (κ3) is 8.49. The Bertz CT molecular complexity index is 1230. The standard InChI is InChI=1S/C24H31ClN4O6S/c1-23(2,3)35-22(32)28-24(4,14-16-10-8-7-9-11-16)18(30)15-26-21(31)17-12-19(25)27-20(13-17)29(5)36(6,33)34/h7-13H,14-15H2,1-6H3,(H,26,31)(H,28,32)/t24-/m1/s1. The van der Waals surface area contributed by atoms with Gasteiger partial charge in [-0.2, -0.15) is 0 Å². The highest BCUT2D eigenvalue weighted by Crippen LogP contribution is 2.20. The Labute approximate surface area is 216 Å². The predicted octanol–water partition coefficient (Wildman–Crippen LogP) is 2.96. The van der Waals surface area contributed by atoms with Crippen LogP contribution in [0.5, 0.6) is 0 Å². The van der Waals surface area contributed by atoms with E-state index in [2.05, 4.69) is 15.6 Å². The topological polar surface area (TPSA) is 135 Å². The molecule has 2 rings (SSSR count). The van der Waals surface area contributed by atoms with Gasteiger partial charge in [0.05, 0.1) is 12.8 Å². The number of carbonyl (C=O) groups excluding carboxylic acids is 3. The minimum atomic E-state index is -3.64. The molecule has 1 aromatic carbocycles. The zero-order valence-corrected chi connectivity index (χ0v) is 22.7. The molecule has 196 valence electrons. The van der Waals surface area contributed by atoms with Gasteiger partial charge in [-0.25, -0.2) is 18.2 Å². The van der Waals surface area contributed by atoms with Gasteiger partial charge < -0.3 is 15.4 Å². The fraction of sp³-hybridized carbons (Fsp3) is 0.417. The smallest absolute Gasteiger partial charge is 0.408 e. The number of rotatable bonds is 9. The van der Waals surface area contributed by atoms with Crippen molar-refractivity contribution < 1.29 is 27.5 Å². The summed E-state index contributed by atoms with van der Waals surface area (Å²) >= 11 is 5.98. The zero-order valence-electron chi connectivity index (χ0n) is 21.1. The number of ether oxygens (including phenoxy) is 1. The Morgan fingerprint density at radius 2 is 1.69 bits per heavy atom. The second-order valence-corrected chi connectivity index (χ2v) is 11.9. The highest BCUT2D eigenvalue weighted by atomic mass is 35.5. The molecule has 2 amide bonds. The van der Waals surface area contributed by atoms with Crippen LogP contribution in [0.25, 0.3) is 0 Å². The van der Waals surface area contributed by atoms with Gasteiger partial charge in [0.2, 0.25) is 10.0 Å². The number of hydrogen-bond acceptors (Lipinski definition) is 7. The fourth-order valence-corrected chi connectivity index (χ4v) is 3.79. The number of aromatic nitrogens is 1. The monoisotopic (exact) mass is 538 g/mol. The van der Waals surface area contributed by atoms with Crippen molar-refractivity contribution >= 4 is 45.2 Å². The van der Waals surface area contributed by atoms with Crippen LogP contribution in [0, 0.1) is 0 Å². The molecule has 0 fully saturated rings. The quantitative estimate of drug-likeness (QED) is 0.468. The third-order valence-corrected chi connectivity index (χ3v) is 6.44. The number of Topliss-reactive ketones (excluding diaryl/α,β-unsaturated/α-hetero) is 1. The average molecular weight is 539 g/mol. The SMILES string of the molecule is CN(c1cc(C(=O)NCC(=O)[C@@](C)(Cc2ccccc2)NC(=O)OC(C)(C)C)cc(Cl)n1)S(C)(=O)=O. The van der Waals surface area contributed by atoms with E-state index in [0.717, 1.165) is 16.1 Å². The Hall–Kier alpha value is -3.18. The molecule has 2 aromatic rings. The maximum absolute atomic E-state index is 13.3. The van der Waals surface area contributed by atoms with Crippen LogP contribution in [0.1, 0.15) is 43.6 Å². The van der Waals surface area contributed by atoms with Crippen LogP contribution in [0.4, 0.5) is 10.6 Å². The Morgan fingerprint density at radius 3 is 2.25 bits per heavy atom. The van der Waals surface area contributed by atoms with Crippen molar-refractivity contribution in [3.05, 3.63) is 58.7 Å². The minimum Gasteiger partial charge on any atom is -0.444 e. The number of anilines is 1. The lowest BCUT2D eigenvalue weighted by atomic mass is 9.88. The van der Waals surface area contributed by atoms with Gasteiger partial charge >= 0.3 is 6.09 Å². The van der Waals surface area contributed by atoms with Crippen LogP contribution >= 0.6 is 11.6 Å². The number of nitrogens with zero attached hydrogens (tertiary/aromatic N) is 2. The summed E-state index contributed by atoms with van der Waals surface area (Å²) in [5, 5.41) is 5.06. The molecular formula is C24H31ClN4O6S. The number of amides is 2. The fourth-order valence-electron chi connectivity index (χ4n) is 3.15. The van der Waals surface area contributed by atoms with E-state index in [4.69, 9.17) is 16.3 Å². The molecule has 2 N–H and O–H groups in total. The van der Waals surface area contributed by atoms with E-state index in [9.17, 15) is 22.8 Å². The van der Waals surface area contributed by atoms with Gasteiger partial charge in [-0.15, -0.1) is 0 Å². The number of alkyl carbamates (subject to hydrolysis) is 1. The van der Waals surface area contributed by atoms with Crippen molar-refractivity contribution in [1.29, 1.82) is 0 Å². The number of pyridine rings is 1. The van der Waals surface area contributed by atoms with E-state index in [1.807, 2.05) is 30.3 Å². The summed E-state index contributed by atoms with van der Waals surface area (Å²) in [6.07, 6.45) is 0.376. The van der Waals surface area contributed by atoms with Gasteiger partial charge in [-0.1, -0.05) is 41.9 Å². The van der Waals surface area contributed by atoms with E-state index in [0.29, 0.717) is 0 Å². The molecule has 0 saturated carbocycles. The van der Waals surface area contributed by atoms with Crippen molar-refractivity contribution in [2.75, 3.05) is 24.2 Å². The number of benzene rings is 1. The minimum absolute atomic E-state index is 0.0122. The van der Waals surface area contributed by atoms with E-state index in [1.165, 1.54) is 19.2 Å². The molecule has 1 aromatic heterocycles. The third-order valence-electron chi connectivity index (χ3n) is 5.07. The van der Waals surface area contributed by atoms with Gasteiger partial charge in [0.15, 0.2) is 5.78 Å². The number of halogens is 1. The van der Waals surface area contributed by atoms with Crippen molar-refractivity contribution in [2.24, 2.45) is 0 Å². The van der Waals surface area contributed by atoms with Crippen molar-refractivity contribution in [3.63, 3.8) is 0 Å². The van der Waals surface area contributed by atoms with Crippen LogP contribution in [0.15, 0.2) is 42.5 Å². The molecule has 0 unspecified atom stereocenters. The van der Waals surface area contributed by atoms with E-state index >= 15 is 0 Å². The molecule has 0 aliphatic heterocycles. The maximum Gasteiger partial charge on any atom is 0.408 e. The average Bonchev–Trinajstić information content (AvgIpc) is 2.74. The Balaban J connectivity index is 2.23. The maximum atomic E-state index is 13.3. The summed E-state index contributed by atoms with van der Waals surface area (Å²) in [5.74, 6) is -1.20. The second kappa shape index (κ2) is 11.3. The van der Waals surface area contributed by atoms with Crippen LogP contribution in [0.2, 0.25) is 5.15 Å². The van der Waals surface area contributed by atoms with E-state index < -0.39 is 45.5 Å². The Kier molecular flexibility index (Phi) is 9.08. The van der Waals surface area contributed by atoms with E-state index in [-0.39, 0.29) is 23.0 Å². The van der Waals surface area contributed by atoms with Gasteiger partial charge in [-0.3, -0.25) is 13.9 Å². The lowest BCUT2D eigenvalue weighted by Crippen LogP contribution is -2.57. The number of sulfonamides is 1. The van der Waals surface area contributed by atoms with Crippen molar-refractivity contribution in [1.82, 2.24) is 15.6 Å². The first kappa shape index (κ1) is 29.1. The van der Waals surface area contributed by atoms with Gasteiger partial charge in [-0.05, 0) is 45.4 Å². The van der Waals surface area contributed by atoms with Crippen LogP contribution in [0.3, 0.4) is 0 Å². The molecule has 0 aliphatic carbocycles. The first-order chi connectivity index (χ1) is 16.5. The van der Waals surface area contributed by atoms with Crippen molar-refractivity contribution in [2.45, 2.75) is 45.3 Å². The van der Waals surface area contributed by atoms with Gasteiger partial charge in [0.25, 0.3) is 5.91 Å². The number of hydrogen-bond donors (Lipinski definition) is 2. The Morgan fingerprint density at radius 1 is 1.08 bits per heavy atom. The van der Waals surface area contributed by atoms with E-state index in [1.54, 1.807) is 27.7 Å². The molecule has 0 bridgehead atoms. The van der Waals surface area contributed by atoms with Crippen LogP contribution < -0.4 is 14.9 Å². The van der Waals surface area contributed by atoms with Crippen LogP contribution in [-0.2, 0) is 26.0 Å². The summed E-state index contributed by atoms with van der Waals surface area (Å²) in [5.41, 5.74) is -1.36. The highest BCUT2D eigenvalue weighted by molar-refractivity contribution is 7.92. The number of carbonyl (C=O) groups is 3. The van der Waals surface area contributed by atoms with Crippen LogP contribution in [-0.4, -0.2) is 62.2 Å². The molecule has 0 aliphatic rings. The number of nitrogens with one attached hydrogen (secondary N) is 2. The lowest BCUT2D eigenvalue weighted by molar-refractivity contribution is -0.123. The summed E-state index contributed by atoms with van der Waals surface area (Å²) in [4.78, 5) is 42.5. The zero-order chi connectivity index (χ0) is 27.3. The molecular weight excluding hydrogens is 508 g/mol. The van der Waals surface area contributed by atoms with Crippen molar-refractivity contribution in [3.8, 4) is 0 Å².